The third-order valence-corrected chi connectivity index (χ3v) is 2.77. The van der Waals surface area contributed by atoms with Gasteiger partial charge in [-0.1, -0.05) is 5.16 Å². The van der Waals surface area contributed by atoms with Gasteiger partial charge in [-0.3, -0.25) is 4.79 Å². The molecule has 0 aliphatic rings. The lowest BCUT2D eigenvalue weighted by molar-refractivity contribution is 0.0725. The van der Waals surface area contributed by atoms with E-state index >= 15 is 0 Å². The number of pyridine rings is 1. The number of ether oxygens (including phenoxy) is 1. The van der Waals surface area contributed by atoms with Gasteiger partial charge in [0.05, 0.1) is 0 Å². The van der Waals surface area contributed by atoms with Crippen molar-refractivity contribution in [3.8, 4) is 5.75 Å². The summed E-state index contributed by atoms with van der Waals surface area (Å²) in [6.45, 7) is 2.60. The largest absolute Gasteiger partial charge is 0.505 e. The number of carbonyl (C=O) groups excluding carboxylic acids is 1. The Bertz CT molecular complexity index is 614. The molecule has 2 heterocycles. The summed E-state index contributed by atoms with van der Waals surface area (Å²) in [6, 6.07) is 2.97. The van der Waals surface area contributed by atoms with Crippen molar-refractivity contribution >= 4 is 5.91 Å². The molecular formula is C13H16N4O4. The standard InChI is InChI=1S/C13H16N4O4/c1-3-17(7-11-15-10(8-20-2)16-21-11)13(19)12-9(18)5-4-6-14-12/h4-6,18H,3,7-8H2,1-2H3. The van der Waals surface area contributed by atoms with E-state index in [9.17, 15) is 9.90 Å². The van der Waals surface area contributed by atoms with Gasteiger partial charge in [-0.05, 0) is 19.1 Å². The molecule has 0 atom stereocenters. The molecule has 21 heavy (non-hydrogen) atoms. The first-order valence-corrected chi connectivity index (χ1v) is 6.39. The van der Waals surface area contributed by atoms with E-state index in [-0.39, 0.29) is 24.6 Å². The van der Waals surface area contributed by atoms with Gasteiger partial charge in [0, 0.05) is 19.9 Å². The lowest BCUT2D eigenvalue weighted by Gasteiger charge is -2.18. The number of aromatic hydroxyl groups is 1. The van der Waals surface area contributed by atoms with Gasteiger partial charge in [0.15, 0.2) is 11.5 Å². The van der Waals surface area contributed by atoms with E-state index in [1.807, 2.05) is 6.92 Å². The molecule has 8 nitrogen and oxygen atoms in total. The highest BCUT2D eigenvalue weighted by atomic mass is 16.5. The third-order valence-electron chi connectivity index (χ3n) is 2.77. The molecule has 0 bridgehead atoms. The Kier molecular flexibility index (Phi) is 4.83. The summed E-state index contributed by atoms with van der Waals surface area (Å²) in [6.07, 6.45) is 1.45. The Morgan fingerprint density at radius 2 is 2.33 bits per heavy atom. The zero-order valence-corrected chi connectivity index (χ0v) is 11.8. The maximum absolute atomic E-state index is 12.3. The van der Waals surface area contributed by atoms with Gasteiger partial charge in [-0.2, -0.15) is 4.98 Å². The molecule has 0 unspecified atom stereocenters. The predicted octanol–water partition coefficient (Wildman–Crippen LogP) is 0.979. The number of methoxy groups -OCH3 is 1. The summed E-state index contributed by atoms with van der Waals surface area (Å²) in [5, 5.41) is 13.4. The van der Waals surface area contributed by atoms with Gasteiger partial charge in [-0.15, -0.1) is 0 Å². The molecule has 1 amide bonds. The summed E-state index contributed by atoms with van der Waals surface area (Å²) in [5.74, 6) is 0.151. The topological polar surface area (TPSA) is 102 Å². The van der Waals surface area contributed by atoms with Gasteiger partial charge in [0.2, 0.25) is 5.89 Å². The minimum atomic E-state index is -0.401. The Labute approximate surface area is 121 Å². The number of hydrogen-bond acceptors (Lipinski definition) is 7. The second kappa shape index (κ2) is 6.80. The normalized spacial score (nSPS) is 10.6. The van der Waals surface area contributed by atoms with Crippen molar-refractivity contribution in [2.45, 2.75) is 20.1 Å². The first-order chi connectivity index (χ1) is 10.2. The molecule has 0 saturated heterocycles. The molecule has 8 heteroatoms. The van der Waals surface area contributed by atoms with Crippen LogP contribution in [0.4, 0.5) is 0 Å². The lowest BCUT2D eigenvalue weighted by Crippen LogP contribution is -2.31. The Balaban J connectivity index is 2.12. The molecule has 0 aliphatic carbocycles. The van der Waals surface area contributed by atoms with E-state index in [0.717, 1.165) is 0 Å². The average molecular weight is 292 g/mol. The summed E-state index contributed by atoms with van der Waals surface area (Å²) in [5.41, 5.74) is -0.00372. The Morgan fingerprint density at radius 3 is 3.00 bits per heavy atom. The van der Waals surface area contributed by atoms with E-state index in [1.165, 1.54) is 24.3 Å². The van der Waals surface area contributed by atoms with Crippen LogP contribution in [0.25, 0.3) is 0 Å². The number of amides is 1. The van der Waals surface area contributed by atoms with Gasteiger partial charge in [0.25, 0.3) is 5.91 Å². The number of carbonyl (C=O) groups is 1. The van der Waals surface area contributed by atoms with Crippen LogP contribution in [0.3, 0.4) is 0 Å². The molecule has 2 aromatic rings. The van der Waals surface area contributed by atoms with Crippen LogP contribution in [0.2, 0.25) is 0 Å². The van der Waals surface area contributed by atoms with E-state index in [4.69, 9.17) is 9.26 Å². The van der Waals surface area contributed by atoms with Crippen LogP contribution in [0, 0.1) is 0 Å². The van der Waals surface area contributed by atoms with E-state index in [1.54, 1.807) is 6.07 Å². The second-order valence-electron chi connectivity index (χ2n) is 4.23. The van der Waals surface area contributed by atoms with E-state index < -0.39 is 5.91 Å². The van der Waals surface area contributed by atoms with Crippen LogP contribution in [-0.2, 0) is 17.9 Å². The zero-order chi connectivity index (χ0) is 15.2. The minimum absolute atomic E-state index is 0.00372. The van der Waals surface area contributed by atoms with Crippen LogP contribution in [0.5, 0.6) is 5.75 Å². The molecule has 0 spiro atoms. The first kappa shape index (κ1) is 14.9. The number of hydrogen-bond donors (Lipinski definition) is 1. The highest BCUT2D eigenvalue weighted by molar-refractivity contribution is 5.94. The van der Waals surface area contributed by atoms with Crippen molar-refractivity contribution in [3.05, 3.63) is 35.7 Å². The third kappa shape index (κ3) is 3.54. The quantitative estimate of drug-likeness (QED) is 0.846. The van der Waals surface area contributed by atoms with Crippen molar-refractivity contribution < 1.29 is 19.2 Å². The minimum Gasteiger partial charge on any atom is -0.505 e. The molecule has 0 saturated carbocycles. The van der Waals surface area contributed by atoms with Gasteiger partial charge >= 0.3 is 0 Å². The monoisotopic (exact) mass is 292 g/mol. The second-order valence-corrected chi connectivity index (χ2v) is 4.23. The number of rotatable bonds is 6. The molecule has 0 aromatic carbocycles. The average Bonchev–Trinajstić information content (AvgIpc) is 2.92. The highest BCUT2D eigenvalue weighted by Crippen LogP contribution is 2.16. The molecule has 2 rings (SSSR count). The first-order valence-electron chi connectivity index (χ1n) is 6.39. The van der Waals surface area contributed by atoms with Gasteiger partial charge in [-0.25, -0.2) is 4.98 Å². The summed E-state index contributed by atoms with van der Waals surface area (Å²) >= 11 is 0. The molecule has 112 valence electrons. The zero-order valence-electron chi connectivity index (χ0n) is 11.8. The molecule has 0 aliphatic heterocycles. The van der Waals surface area contributed by atoms with Gasteiger partial charge < -0.3 is 19.3 Å². The van der Waals surface area contributed by atoms with Crippen molar-refractivity contribution in [2.75, 3.05) is 13.7 Å². The van der Waals surface area contributed by atoms with Crippen LogP contribution in [-0.4, -0.2) is 44.7 Å². The maximum atomic E-state index is 12.3. The fourth-order valence-corrected chi connectivity index (χ4v) is 1.74. The van der Waals surface area contributed by atoms with Crippen LogP contribution in [0.15, 0.2) is 22.9 Å². The fourth-order valence-electron chi connectivity index (χ4n) is 1.74. The van der Waals surface area contributed by atoms with E-state index in [2.05, 4.69) is 15.1 Å². The van der Waals surface area contributed by atoms with Crippen LogP contribution in [0.1, 0.15) is 29.1 Å². The summed E-state index contributed by atoms with van der Waals surface area (Å²) < 4.78 is 9.94. The number of aromatic nitrogens is 3. The van der Waals surface area contributed by atoms with Crippen molar-refractivity contribution in [1.29, 1.82) is 0 Å². The SMILES string of the molecule is CCN(Cc1nc(COC)no1)C(=O)c1ncccc1O. The molecule has 0 radical (unpaired) electrons. The maximum Gasteiger partial charge on any atom is 0.276 e. The van der Waals surface area contributed by atoms with Crippen LogP contribution < -0.4 is 0 Å². The van der Waals surface area contributed by atoms with Gasteiger partial charge in [0.1, 0.15) is 18.9 Å². The Hall–Kier alpha value is -2.48. The summed E-state index contributed by atoms with van der Waals surface area (Å²) in [7, 11) is 1.53. The molecule has 0 fully saturated rings. The molecule has 2 aromatic heterocycles. The molecule has 1 N–H and O–H groups in total. The Morgan fingerprint density at radius 1 is 1.52 bits per heavy atom. The molecular weight excluding hydrogens is 276 g/mol. The van der Waals surface area contributed by atoms with Crippen molar-refractivity contribution in [3.63, 3.8) is 0 Å². The van der Waals surface area contributed by atoms with Crippen LogP contribution >= 0.6 is 0 Å². The fraction of sp³-hybridized carbons (Fsp3) is 0.385. The predicted molar refractivity (Wildman–Crippen MR) is 71.3 cm³/mol. The lowest BCUT2D eigenvalue weighted by atomic mass is 10.3. The number of nitrogens with zero attached hydrogens (tertiary/aromatic N) is 4. The van der Waals surface area contributed by atoms with Crippen molar-refractivity contribution in [2.24, 2.45) is 0 Å². The summed E-state index contributed by atoms with van der Waals surface area (Å²) in [4.78, 5) is 21.8. The smallest absolute Gasteiger partial charge is 0.276 e. The van der Waals surface area contributed by atoms with E-state index in [0.29, 0.717) is 18.3 Å². The van der Waals surface area contributed by atoms with Crippen molar-refractivity contribution in [1.82, 2.24) is 20.0 Å². The highest BCUT2D eigenvalue weighted by Gasteiger charge is 2.21.